The largest absolute Gasteiger partial charge is 0.353 e. The van der Waals surface area contributed by atoms with Gasteiger partial charge < -0.3 is 16.0 Å². The van der Waals surface area contributed by atoms with Gasteiger partial charge in [0.1, 0.15) is 0 Å². The highest BCUT2D eigenvalue weighted by Crippen LogP contribution is 2.12. The Balaban J connectivity index is 1.71. The first kappa shape index (κ1) is 12.4. The van der Waals surface area contributed by atoms with E-state index < -0.39 is 0 Å². The van der Waals surface area contributed by atoms with E-state index in [0.29, 0.717) is 19.0 Å². The van der Waals surface area contributed by atoms with Crippen molar-refractivity contribution in [3.8, 4) is 0 Å². The summed E-state index contributed by atoms with van der Waals surface area (Å²) in [4.78, 5) is 22.9. The maximum absolute atomic E-state index is 11.9. The van der Waals surface area contributed by atoms with Gasteiger partial charge in [0, 0.05) is 25.0 Å². The van der Waals surface area contributed by atoms with E-state index in [4.69, 9.17) is 0 Å². The Morgan fingerprint density at radius 2 is 2.24 bits per heavy atom. The lowest BCUT2D eigenvalue weighted by atomic mass is 9.99. The minimum atomic E-state index is -0.0594. The van der Waals surface area contributed by atoms with E-state index in [1.807, 2.05) is 0 Å². The molecule has 2 fully saturated rings. The average Bonchev–Trinajstić information content (AvgIpc) is 2.72. The van der Waals surface area contributed by atoms with E-state index in [9.17, 15) is 9.59 Å². The fourth-order valence-electron chi connectivity index (χ4n) is 2.52. The molecule has 0 spiro atoms. The molecule has 2 aliphatic heterocycles. The quantitative estimate of drug-likeness (QED) is 0.645. The van der Waals surface area contributed by atoms with Gasteiger partial charge in [0.05, 0.1) is 6.04 Å². The molecule has 0 aromatic heterocycles. The summed E-state index contributed by atoms with van der Waals surface area (Å²) in [6.07, 6.45) is 4.56. The number of rotatable bonds is 3. The van der Waals surface area contributed by atoms with Crippen molar-refractivity contribution in [1.82, 2.24) is 16.0 Å². The molecule has 0 bridgehead atoms. The topological polar surface area (TPSA) is 70.2 Å². The van der Waals surface area contributed by atoms with Gasteiger partial charge in [-0.3, -0.25) is 9.59 Å². The summed E-state index contributed by atoms with van der Waals surface area (Å²) in [7, 11) is 0. The molecular formula is C12H21N3O2. The third-order valence-electron chi connectivity index (χ3n) is 3.54. The van der Waals surface area contributed by atoms with Gasteiger partial charge in [-0.25, -0.2) is 0 Å². The molecule has 5 heteroatoms. The number of piperidine rings is 1. The second-order valence-corrected chi connectivity index (χ2v) is 5.10. The molecule has 2 aliphatic rings. The van der Waals surface area contributed by atoms with Gasteiger partial charge in [-0.1, -0.05) is 0 Å². The van der Waals surface area contributed by atoms with Crippen LogP contribution in [0.15, 0.2) is 0 Å². The van der Waals surface area contributed by atoms with Crippen molar-refractivity contribution < 1.29 is 9.59 Å². The maximum atomic E-state index is 11.9. The number of hydrogen-bond donors (Lipinski definition) is 3. The molecule has 0 aromatic rings. The Kier molecular flexibility index (Phi) is 3.99. The van der Waals surface area contributed by atoms with Crippen LogP contribution in [-0.4, -0.2) is 36.5 Å². The van der Waals surface area contributed by atoms with Crippen LogP contribution < -0.4 is 16.0 Å². The standard InChI is InChI=1S/C12H21N3O2/c1-8-3-2-4-10(14-8)12(17)13-7-9-5-6-11(16)15-9/h8-10,14H,2-7H2,1H3,(H,13,17)(H,15,16). The van der Waals surface area contributed by atoms with Crippen LogP contribution in [0.5, 0.6) is 0 Å². The van der Waals surface area contributed by atoms with Crippen molar-refractivity contribution in [2.75, 3.05) is 6.54 Å². The molecule has 0 saturated carbocycles. The van der Waals surface area contributed by atoms with Gasteiger partial charge in [-0.05, 0) is 32.6 Å². The van der Waals surface area contributed by atoms with Crippen LogP contribution in [0, 0.1) is 0 Å². The number of carbonyl (C=O) groups excluding carboxylic acids is 2. The fourth-order valence-corrected chi connectivity index (χ4v) is 2.52. The Hall–Kier alpha value is -1.10. The molecule has 3 unspecified atom stereocenters. The first-order valence-electron chi connectivity index (χ1n) is 6.48. The normalized spacial score (nSPS) is 33.2. The second-order valence-electron chi connectivity index (χ2n) is 5.10. The van der Waals surface area contributed by atoms with Gasteiger partial charge in [0.25, 0.3) is 0 Å². The first-order valence-corrected chi connectivity index (χ1v) is 6.48. The molecule has 3 N–H and O–H groups in total. The van der Waals surface area contributed by atoms with Gasteiger partial charge >= 0.3 is 0 Å². The van der Waals surface area contributed by atoms with Crippen LogP contribution in [0.3, 0.4) is 0 Å². The van der Waals surface area contributed by atoms with Gasteiger partial charge in [0.2, 0.25) is 11.8 Å². The molecule has 17 heavy (non-hydrogen) atoms. The van der Waals surface area contributed by atoms with Crippen LogP contribution in [0.25, 0.3) is 0 Å². The zero-order valence-electron chi connectivity index (χ0n) is 10.3. The summed E-state index contributed by atoms with van der Waals surface area (Å²) in [5, 5.41) is 9.07. The highest BCUT2D eigenvalue weighted by atomic mass is 16.2. The molecule has 2 rings (SSSR count). The molecule has 2 saturated heterocycles. The maximum Gasteiger partial charge on any atom is 0.237 e. The SMILES string of the molecule is CC1CCCC(C(=O)NCC2CCC(=O)N2)N1. The summed E-state index contributed by atoms with van der Waals surface area (Å²) >= 11 is 0. The highest BCUT2D eigenvalue weighted by Gasteiger charge is 2.26. The number of amides is 2. The monoisotopic (exact) mass is 239 g/mol. The highest BCUT2D eigenvalue weighted by molar-refractivity contribution is 5.82. The fraction of sp³-hybridized carbons (Fsp3) is 0.833. The molecule has 96 valence electrons. The van der Waals surface area contributed by atoms with Gasteiger partial charge in [-0.2, -0.15) is 0 Å². The van der Waals surface area contributed by atoms with E-state index in [2.05, 4.69) is 22.9 Å². The van der Waals surface area contributed by atoms with E-state index >= 15 is 0 Å². The van der Waals surface area contributed by atoms with Crippen molar-refractivity contribution in [1.29, 1.82) is 0 Å². The minimum Gasteiger partial charge on any atom is -0.353 e. The lowest BCUT2D eigenvalue weighted by Gasteiger charge is -2.28. The van der Waals surface area contributed by atoms with E-state index in [1.54, 1.807) is 0 Å². The van der Waals surface area contributed by atoms with Crippen LogP contribution in [0.2, 0.25) is 0 Å². The molecule has 2 heterocycles. The van der Waals surface area contributed by atoms with E-state index in [0.717, 1.165) is 25.7 Å². The minimum absolute atomic E-state index is 0.0594. The lowest BCUT2D eigenvalue weighted by molar-refractivity contribution is -0.124. The van der Waals surface area contributed by atoms with Crippen LogP contribution in [-0.2, 0) is 9.59 Å². The predicted molar refractivity (Wildman–Crippen MR) is 64.4 cm³/mol. The smallest absolute Gasteiger partial charge is 0.237 e. The van der Waals surface area contributed by atoms with Crippen LogP contribution in [0.4, 0.5) is 0 Å². The summed E-state index contributed by atoms with van der Waals surface area (Å²) in [6, 6.07) is 0.481. The molecule has 2 amide bonds. The Bertz CT molecular complexity index is 306. The van der Waals surface area contributed by atoms with Gasteiger partial charge in [0.15, 0.2) is 0 Å². The van der Waals surface area contributed by atoms with Crippen molar-refractivity contribution >= 4 is 11.8 Å². The Morgan fingerprint density at radius 3 is 2.88 bits per heavy atom. The van der Waals surface area contributed by atoms with Crippen molar-refractivity contribution in [3.63, 3.8) is 0 Å². The van der Waals surface area contributed by atoms with Crippen molar-refractivity contribution in [3.05, 3.63) is 0 Å². The summed E-state index contributed by atoms with van der Waals surface area (Å²) in [5.41, 5.74) is 0. The zero-order valence-corrected chi connectivity index (χ0v) is 10.3. The van der Waals surface area contributed by atoms with E-state index in [-0.39, 0.29) is 23.9 Å². The van der Waals surface area contributed by atoms with Crippen LogP contribution >= 0.6 is 0 Å². The number of carbonyl (C=O) groups is 2. The second kappa shape index (κ2) is 5.49. The van der Waals surface area contributed by atoms with E-state index in [1.165, 1.54) is 0 Å². The number of nitrogens with one attached hydrogen (secondary N) is 3. The zero-order chi connectivity index (χ0) is 12.3. The summed E-state index contributed by atoms with van der Waals surface area (Å²) in [5.74, 6) is 0.159. The Labute approximate surface area is 102 Å². The molecule has 5 nitrogen and oxygen atoms in total. The predicted octanol–water partition coefficient (Wildman–Crippen LogP) is -0.0882. The molecule has 0 aliphatic carbocycles. The van der Waals surface area contributed by atoms with Crippen LogP contribution in [0.1, 0.15) is 39.0 Å². The summed E-state index contributed by atoms with van der Waals surface area (Å²) < 4.78 is 0. The molecule has 3 atom stereocenters. The lowest BCUT2D eigenvalue weighted by Crippen LogP contribution is -2.51. The molecule has 0 aromatic carbocycles. The molecule has 0 radical (unpaired) electrons. The average molecular weight is 239 g/mol. The molecular weight excluding hydrogens is 218 g/mol. The Morgan fingerprint density at radius 1 is 1.41 bits per heavy atom. The van der Waals surface area contributed by atoms with Gasteiger partial charge in [-0.15, -0.1) is 0 Å². The first-order chi connectivity index (χ1) is 8.15. The summed E-state index contributed by atoms with van der Waals surface area (Å²) in [6.45, 7) is 2.66. The third kappa shape index (κ3) is 3.43. The van der Waals surface area contributed by atoms with Crippen molar-refractivity contribution in [2.45, 2.75) is 57.2 Å². The third-order valence-corrected chi connectivity index (χ3v) is 3.54. The van der Waals surface area contributed by atoms with Crippen molar-refractivity contribution in [2.24, 2.45) is 0 Å². The number of hydrogen-bond acceptors (Lipinski definition) is 3.